The lowest BCUT2D eigenvalue weighted by Gasteiger charge is -2.11. The number of hydrogen-bond donors (Lipinski definition) is 2. The summed E-state index contributed by atoms with van der Waals surface area (Å²) in [6, 6.07) is 7.00. The van der Waals surface area contributed by atoms with Crippen LogP contribution in [0.1, 0.15) is 31.4 Å². The van der Waals surface area contributed by atoms with Gasteiger partial charge in [-0.25, -0.2) is 9.97 Å². The maximum atomic E-state index is 9.34. The van der Waals surface area contributed by atoms with Gasteiger partial charge >= 0.3 is 0 Å². The Bertz CT molecular complexity index is 589. The van der Waals surface area contributed by atoms with Crippen LogP contribution >= 0.6 is 0 Å². The third kappa shape index (κ3) is 2.74. The first-order valence-electron chi connectivity index (χ1n) is 7.13. The average Bonchev–Trinajstić information content (AvgIpc) is 2.95. The molecule has 1 heterocycles. The second-order valence-electron chi connectivity index (χ2n) is 5.49. The molecular formula is C16H19N3O. The monoisotopic (exact) mass is 269 g/mol. The Hall–Kier alpha value is -2.10. The molecule has 1 aromatic heterocycles. The lowest BCUT2D eigenvalue weighted by molar-refractivity contribution is 0.475. The van der Waals surface area contributed by atoms with E-state index in [0.717, 1.165) is 23.4 Å². The van der Waals surface area contributed by atoms with Crippen LogP contribution in [-0.2, 0) is 6.42 Å². The molecule has 1 saturated carbocycles. The Morgan fingerprint density at radius 2 is 1.85 bits per heavy atom. The second-order valence-corrected chi connectivity index (χ2v) is 5.49. The fraction of sp³-hybridized carbons (Fsp3) is 0.375. The SMILES string of the molecule is Nc1ncc(-c2ccc(O)cc2)nc1CC1CCCC1. The fourth-order valence-electron chi connectivity index (χ4n) is 2.85. The number of benzene rings is 1. The maximum absolute atomic E-state index is 9.34. The Kier molecular flexibility index (Phi) is 3.54. The van der Waals surface area contributed by atoms with Crippen LogP contribution in [0, 0.1) is 5.92 Å². The summed E-state index contributed by atoms with van der Waals surface area (Å²) in [4.78, 5) is 8.94. The van der Waals surface area contributed by atoms with Gasteiger partial charge in [-0.15, -0.1) is 0 Å². The van der Waals surface area contributed by atoms with Gasteiger partial charge in [-0.2, -0.15) is 0 Å². The number of nitrogen functional groups attached to an aromatic ring is 1. The van der Waals surface area contributed by atoms with Crippen LogP contribution in [-0.4, -0.2) is 15.1 Å². The van der Waals surface area contributed by atoms with E-state index in [1.807, 2.05) is 12.1 Å². The van der Waals surface area contributed by atoms with Gasteiger partial charge in [0.25, 0.3) is 0 Å². The van der Waals surface area contributed by atoms with Gasteiger partial charge in [-0.1, -0.05) is 25.7 Å². The van der Waals surface area contributed by atoms with Gasteiger partial charge in [-0.05, 0) is 36.6 Å². The van der Waals surface area contributed by atoms with Crippen LogP contribution in [0.5, 0.6) is 5.75 Å². The number of nitrogens with two attached hydrogens (primary N) is 1. The highest BCUT2D eigenvalue weighted by atomic mass is 16.3. The van der Waals surface area contributed by atoms with Gasteiger partial charge in [0.1, 0.15) is 11.6 Å². The summed E-state index contributed by atoms with van der Waals surface area (Å²) < 4.78 is 0. The molecule has 0 unspecified atom stereocenters. The summed E-state index contributed by atoms with van der Waals surface area (Å²) >= 11 is 0. The summed E-state index contributed by atoms with van der Waals surface area (Å²) in [5.41, 5.74) is 8.62. The van der Waals surface area contributed by atoms with Crippen molar-refractivity contribution in [3.8, 4) is 17.0 Å². The highest BCUT2D eigenvalue weighted by Crippen LogP contribution is 2.29. The van der Waals surface area contributed by atoms with Crippen LogP contribution in [0.3, 0.4) is 0 Å². The third-order valence-electron chi connectivity index (χ3n) is 4.00. The van der Waals surface area contributed by atoms with Crippen molar-refractivity contribution in [1.29, 1.82) is 0 Å². The first kappa shape index (κ1) is 12.9. The van der Waals surface area contributed by atoms with Gasteiger partial charge in [0.15, 0.2) is 0 Å². The highest BCUT2D eigenvalue weighted by Gasteiger charge is 2.18. The van der Waals surface area contributed by atoms with E-state index in [1.165, 1.54) is 25.7 Å². The predicted octanol–water partition coefficient (Wildman–Crippen LogP) is 3.16. The normalized spacial score (nSPS) is 15.6. The number of phenols is 1. The zero-order chi connectivity index (χ0) is 13.9. The number of anilines is 1. The third-order valence-corrected chi connectivity index (χ3v) is 4.00. The van der Waals surface area contributed by atoms with E-state index in [2.05, 4.69) is 9.97 Å². The van der Waals surface area contributed by atoms with Crippen molar-refractivity contribution in [3.05, 3.63) is 36.2 Å². The molecule has 1 fully saturated rings. The van der Waals surface area contributed by atoms with Crippen LogP contribution in [0.2, 0.25) is 0 Å². The van der Waals surface area contributed by atoms with Crippen molar-refractivity contribution in [2.75, 3.05) is 5.73 Å². The van der Waals surface area contributed by atoms with Crippen molar-refractivity contribution < 1.29 is 5.11 Å². The molecule has 1 aliphatic carbocycles. The standard InChI is InChI=1S/C16H19N3O/c17-16-14(9-11-3-1-2-4-11)19-15(10-18-16)12-5-7-13(20)8-6-12/h5-8,10-11,20H,1-4,9H2,(H2,17,18). The van der Waals surface area contributed by atoms with E-state index >= 15 is 0 Å². The van der Waals surface area contributed by atoms with Crippen LogP contribution in [0.25, 0.3) is 11.3 Å². The van der Waals surface area contributed by atoms with E-state index in [9.17, 15) is 5.11 Å². The molecule has 0 saturated heterocycles. The fourth-order valence-corrected chi connectivity index (χ4v) is 2.85. The van der Waals surface area contributed by atoms with E-state index in [0.29, 0.717) is 11.7 Å². The van der Waals surface area contributed by atoms with Gasteiger partial charge < -0.3 is 10.8 Å². The maximum Gasteiger partial charge on any atom is 0.145 e. The summed E-state index contributed by atoms with van der Waals surface area (Å²) in [5, 5.41) is 9.34. The molecule has 0 radical (unpaired) electrons. The first-order chi connectivity index (χ1) is 9.72. The number of hydrogen-bond acceptors (Lipinski definition) is 4. The van der Waals surface area contributed by atoms with Crippen LogP contribution in [0.15, 0.2) is 30.5 Å². The molecule has 0 amide bonds. The van der Waals surface area contributed by atoms with Crippen LogP contribution in [0.4, 0.5) is 5.82 Å². The van der Waals surface area contributed by atoms with Crippen molar-refractivity contribution >= 4 is 5.82 Å². The molecular weight excluding hydrogens is 250 g/mol. The summed E-state index contributed by atoms with van der Waals surface area (Å²) in [7, 11) is 0. The van der Waals surface area contributed by atoms with Crippen LogP contribution < -0.4 is 5.73 Å². The molecule has 1 aliphatic rings. The molecule has 3 N–H and O–H groups in total. The lowest BCUT2D eigenvalue weighted by Crippen LogP contribution is -2.07. The number of phenolic OH excluding ortho intramolecular Hbond substituents is 1. The molecule has 0 atom stereocenters. The lowest BCUT2D eigenvalue weighted by atomic mass is 10.0. The molecule has 0 bridgehead atoms. The van der Waals surface area contributed by atoms with Crippen molar-refractivity contribution in [2.45, 2.75) is 32.1 Å². The Labute approximate surface area is 118 Å². The quantitative estimate of drug-likeness (QED) is 0.897. The summed E-state index contributed by atoms with van der Waals surface area (Å²) in [6.45, 7) is 0. The molecule has 0 spiro atoms. The van der Waals surface area contributed by atoms with E-state index in [1.54, 1.807) is 18.3 Å². The predicted molar refractivity (Wildman–Crippen MR) is 79.2 cm³/mol. The molecule has 4 heteroatoms. The van der Waals surface area contributed by atoms with E-state index in [4.69, 9.17) is 5.73 Å². The van der Waals surface area contributed by atoms with Crippen molar-refractivity contribution in [2.24, 2.45) is 5.92 Å². The van der Waals surface area contributed by atoms with E-state index < -0.39 is 0 Å². The minimum atomic E-state index is 0.253. The van der Waals surface area contributed by atoms with Gasteiger partial charge in [0.05, 0.1) is 17.6 Å². The van der Waals surface area contributed by atoms with Crippen molar-refractivity contribution in [1.82, 2.24) is 9.97 Å². The summed E-state index contributed by atoms with van der Waals surface area (Å²) in [5.74, 6) is 1.49. The Morgan fingerprint density at radius 1 is 1.15 bits per heavy atom. The minimum absolute atomic E-state index is 0.253. The van der Waals surface area contributed by atoms with Gasteiger partial charge in [0.2, 0.25) is 0 Å². The largest absolute Gasteiger partial charge is 0.508 e. The zero-order valence-corrected chi connectivity index (χ0v) is 11.4. The number of aromatic nitrogens is 2. The zero-order valence-electron chi connectivity index (χ0n) is 11.4. The molecule has 20 heavy (non-hydrogen) atoms. The minimum Gasteiger partial charge on any atom is -0.508 e. The second kappa shape index (κ2) is 5.49. The number of rotatable bonds is 3. The van der Waals surface area contributed by atoms with Crippen molar-refractivity contribution in [3.63, 3.8) is 0 Å². The molecule has 104 valence electrons. The molecule has 0 aliphatic heterocycles. The first-order valence-corrected chi connectivity index (χ1v) is 7.13. The molecule has 2 aromatic rings. The smallest absolute Gasteiger partial charge is 0.145 e. The summed E-state index contributed by atoms with van der Waals surface area (Å²) in [6.07, 6.45) is 7.78. The molecule has 3 rings (SSSR count). The average molecular weight is 269 g/mol. The van der Waals surface area contributed by atoms with Gasteiger partial charge in [0, 0.05) is 5.56 Å². The highest BCUT2D eigenvalue weighted by molar-refractivity contribution is 5.60. The van der Waals surface area contributed by atoms with Gasteiger partial charge in [-0.3, -0.25) is 0 Å². The number of aromatic hydroxyl groups is 1. The molecule has 1 aromatic carbocycles. The topological polar surface area (TPSA) is 72.0 Å². The Balaban J connectivity index is 1.87. The molecule has 4 nitrogen and oxygen atoms in total. The Morgan fingerprint density at radius 3 is 2.55 bits per heavy atom. The van der Waals surface area contributed by atoms with E-state index in [-0.39, 0.29) is 5.75 Å². The number of nitrogens with zero attached hydrogens (tertiary/aromatic N) is 2.